The minimum atomic E-state index is -0.273. The SMILES string of the molecule is CNC(COC(C)C)c1cc(F)ccc1OC. The van der Waals surface area contributed by atoms with Crippen LogP contribution >= 0.6 is 0 Å². The Kier molecular flexibility index (Phi) is 5.38. The Morgan fingerprint density at radius 1 is 1.35 bits per heavy atom. The number of nitrogens with one attached hydrogen (secondary N) is 1. The molecule has 0 radical (unpaired) electrons. The van der Waals surface area contributed by atoms with E-state index >= 15 is 0 Å². The van der Waals surface area contributed by atoms with E-state index in [4.69, 9.17) is 9.47 Å². The van der Waals surface area contributed by atoms with Gasteiger partial charge in [0, 0.05) is 5.56 Å². The summed E-state index contributed by atoms with van der Waals surface area (Å²) < 4.78 is 24.0. The highest BCUT2D eigenvalue weighted by Gasteiger charge is 2.16. The predicted molar refractivity (Wildman–Crippen MR) is 65.8 cm³/mol. The first-order valence-electron chi connectivity index (χ1n) is 5.70. The molecular weight excluding hydrogens is 221 g/mol. The van der Waals surface area contributed by atoms with E-state index in [-0.39, 0.29) is 18.0 Å². The van der Waals surface area contributed by atoms with Gasteiger partial charge in [-0.3, -0.25) is 0 Å². The maximum atomic E-state index is 13.3. The van der Waals surface area contributed by atoms with E-state index in [9.17, 15) is 4.39 Å². The fourth-order valence-electron chi connectivity index (χ4n) is 1.59. The normalized spacial score (nSPS) is 12.8. The Bertz CT molecular complexity index is 355. The van der Waals surface area contributed by atoms with Crippen LogP contribution in [0, 0.1) is 5.82 Å². The molecule has 3 nitrogen and oxygen atoms in total. The lowest BCUT2D eigenvalue weighted by Gasteiger charge is -2.20. The molecule has 96 valence electrons. The zero-order valence-corrected chi connectivity index (χ0v) is 10.8. The molecule has 0 bridgehead atoms. The van der Waals surface area contributed by atoms with Crippen molar-refractivity contribution in [1.82, 2.24) is 5.32 Å². The second-order valence-corrected chi connectivity index (χ2v) is 4.11. The standard InChI is InChI=1S/C13H20FNO2/c1-9(2)17-8-12(15-3)11-7-10(14)5-6-13(11)16-4/h5-7,9,12,15H,8H2,1-4H3. The van der Waals surface area contributed by atoms with Gasteiger partial charge >= 0.3 is 0 Å². The van der Waals surface area contributed by atoms with E-state index in [1.165, 1.54) is 12.1 Å². The minimum absolute atomic E-state index is 0.0805. The number of methoxy groups -OCH3 is 1. The Labute approximate surface area is 102 Å². The van der Waals surface area contributed by atoms with Crippen LogP contribution in [0.1, 0.15) is 25.5 Å². The largest absolute Gasteiger partial charge is 0.496 e. The van der Waals surface area contributed by atoms with Crippen LogP contribution in [-0.2, 0) is 4.74 Å². The first-order valence-corrected chi connectivity index (χ1v) is 5.70. The summed E-state index contributed by atoms with van der Waals surface area (Å²) in [5.41, 5.74) is 0.774. The number of hydrogen-bond acceptors (Lipinski definition) is 3. The van der Waals surface area contributed by atoms with Gasteiger partial charge in [-0.2, -0.15) is 0 Å². The van der Waals surface area contributed by atoms with Crippen LogP contribution in [-0.4, -0.2) is 26.9 Å². The lowest BCUT2D eigenvalue weighted by Crippen LogP contribution is -2.24. The van der Waals surface area contributed by atoms with E-state index in [1.807, 2.05) is 20.9 Å². The van der Waals surface area contributed by atoms with Gasteiger partial charge < -0.3 is 14.8 Å². The molecule has 0 aliphatic heterocycles. The number of likely N-dealkylation sites (N-methyl/N-ethyl adjacent to an activating group) is 1. The van der Waals surface area contributed by atoms with Crippen molar-refractivity contribution in [3.05, 3.63) is 29.6 Å². The van der Waals surface area contributed by atoms with E-state index in [0.717, 1.165) is 5.56 Å². The van der Waals surface area contributed by atoms with Crippen molar-refractivity contribution >= 4 is 0 Å². The van der Waals surface area contributed by atoms with E-state index < -0.39 is 0 Å². The zero-order valence-electron chi connectivity index (χ0n) is 10.8. The quantitative estimate of drug-likeness (QED) is 0.830. The maximum Gasteiger partial charge on any atom is 0.123 e. The van der Waals surface area contributed by atoms with Crippen LogP contribution in [0.15, 0.2) is 18.2 Å². The predicted octanol–water partition coefficient (Wildman–Crippen LogP) is 2.52. The van der Waals surface area contributed by atoms with Crippen LogP contribution < -0.4 is 10.1 Å². The molecule has 4 heteroatoms. The Balaban J connectivity index is 2.89. The first kappa shape index (κ1) is 13.9. The van der Waals surface area contributed by atoms with Gasteiger partial charge in [0.1, 0.15) is 11.6 Å². The van der Waals surface area contributed by atoms with Gasteiger partial charge in [0.05, 0.1) is 25.9 Å². The molecule has 1 rings (SSSR count). The van der Waals surface area contributed by atoms with Crippen LogP contribution in [0.5, 0.6) is 5.75 Å². The Hall–Kier alpha value is -1.13. The van der Waals surface area contributed by atoms with Crippen LogP contribution in [0.25, 0.3) is 0 Å². The molecule has 0 saturated heterocycles. The van der Waals surface area contributed by atoms with Crippen molar-refractivity contribution in [1.29, 1.82) is 0 Å². The molecule has 0 spiro atoms. The molecule has 1 N–H and O–H groups in total. The van der Waals surface area contributed by atoms with Crippen LogP contribution in [0.4, 0.5) is 4.39 Å². The molecule has 1 aromatic rings. The molecule has 0 aromatic heterocycles. The molecule has 17 heavy (non-hydrogen) atoms. The summed E-state index contributed by atoms with van der Waals surface area (Å²) in [6.07, 6.45) is 0.144. The summed E-state index contributed by atoms with van der Waals surface area (Å²) in [5, 5.41) is 3.10. The van der Waals surface area contributed by atoms with E-state index in [0.29, 0.717) is 12.4 Å². The fourth-order valence-corrected chi connectivity index (χ4v) is 1.59. The monoisotopic (exact) mass is 241 g/mol. The highest BCUT2D eigenvalue weighted by Crippen LogP contribution is 2.26. The van der Waals surface area contributed by atoms with Gasteiger partial charge in [-0.05, 0) is 39.1 Å². The summed E-state index contributed by atoms with van der Waals surface area (Å²) in [4.78, 5) is 0. The summed E-state index contributed by atoms with van der Waals surface area (Å²) in [6.45, 7) is 4.42. The van der Waals surface area contributed by atoms with Crippen molar-refractivity contribution in [2.24, 2.45) is 0 Å². The van der Waals surface area contributed by atoms with Crippen molar-refractivity contribution in [3.8, 4) is 5.75 Å². The van der Waals surface area contributed by atoms with Gasteiger partial charge in [-0.15, -0.1) is 0 Å². The molecule has 0 aliphatic carbocycles. The fraction of sp³-hybridized carbons (Fsp3) is 0.538. The van der Waals surface area contributed by atoms with Gasteiger partial charge in [0.15, 0.2) is 0 Å². The molecule has 0 saturated carbocycles. The zero-order chi connectivity index (χ0) is 12.8. The molecular formula is C13H20FNO2. The highest BCUT2D eigenvalue weighted by molar-refractivity contribution is 5.36. The topological polar surface area (TPSA) is 30.5 Å². The lowest BCUT2D eigenvalue weighted by atomic mass is 10.1. The summed E-state index contributed by atoms with van der Waals surface area (Å²) >= 11 is 0. The highest BCUT2D eigenvalue weighted by atomic mass is 19.1. The van der Waals surface area contributed by atoms with Crippen LogP contribution in [0.2, 0.25) is 0 Å². The van der Waals surface area contributed by atoms with E-state index in [1.54, 1.807) is 13.2 Å². The van der Waals surface area contributed by atoms with E-state index in [2.05, 4.69) is 5.32 Å². The molecule has 1 atom stereocenters. The van der Waals surface area contributed by atoms with Crippen molar-refractivity contribution in [2.75, 3.05) is 20.8 Å². The first-order chi connectivity index (χ1) is 8.08. The van der Waals surface area contributed by atoms with Crippen molar-refractivity contribution in [3.63, 3.8) is 0 Å². The second-order valence-electron chi connectivity index (χ2n) is 4.11. The Morgan fingerprint density at radius 2 is 2.06 bits per heavy atom. The van der Waals surface area contributed by atoms with Crippen molar-refractivity contribution < 1.29 is 13.9 Å². The maximum absolute atomic E-state index is 13.3. The summed E-state index contributed by atoms with van der Waals surface area (Å²) in [5.74, 6) is 0.392. The molecule has 0 aliphatic rings. The van der Waals surface area contributed by atoms with Gasteiger partial charge in [0.25, 0.3) is 0 Å². The second kappa shape index (κ2) is 6.57. The minimum Gasteiger partial charge on any atom is -0.496 e. The Morgan fingerprint density at radius 3 is 2.59 bits per heavy atom. The smallest absolute Gasteiger partial charge is 0.123 e. The molecule has 0 fully saturated rings. The van der Waals surface area contributed by atoms with Gasteiger partial charge in [-0.1, -0.05) is 0 Å². The number of hydrogen-bond donors (Lipinski definition) is 1. The number of halogens is 1. The number of ether oxygens (including phenoxy) is 2. The number of benzene rings is 1. The third kappa shape index (κ3) is 3.98. The van der Waals surface area contributed by atoms with Gasteiger partial charge in [0.2, 0.25) is 0 Å². The van der Waals surface area contributed by atoms with Gasteiger partial charge in [-0.25, -0.2) is 4.39 Å². The average Bonchev–Trinajstić information content (AvgIpc) is 2.30. The molecule has 1 unspecified atom stereocenters. The average molecular weight is 241 g/mol. The lowest BCUT2D eigenvalue weighted by molar-refractivity contribution is 0.0621. The number of rotatable bonds is 6. The molecule has 1 aromatic carbocycles. The molecule has 0 amide bonds. The third-order valence-electron chi connectivity index (χ3n) is 2.51. The third-order valence-corrected chi connectivity index (χ3v) is 2.51. The summed E-state index contributed by atoms with van der Waals surface area (Å²) in [7, 11) is 3.39. The summed E-state index contributed by atoms with van der Waals surface area (Å²) in [6, 6.07) is 4.41. The van der Waals surface area contributed by atoms with Crippen molar-refractivity contribution in [2.45, 2.75) is 26.0 Å². The molecule has 0 heterocycles. The van der Waals surface area contributed by atoms with Crippen LogP contribution in [0.3, 0.4) is 0 Å².